The number of fused-ring (bicyclic) bond motifs is 2. The van der Waals surface area contributed by atoms with E-state index in [-0.39, 0.29) is 5.56 Å². The molecule has 0 fully saturated rings. The molecular formula is C19H12BrFN2O2. The molecule has 0 radical (unpaired) electrons. The molecule has 1 aliphatic heterocycles. The van der Waals surface area contributed by atoms with Gasteiger partial charge in [-0.15, -0.1) is 0 Å². The van der Waals surface area contributed by atoms with Crippen LogP contribution in [0.4, 0.5) is 4.39 Å². The fourth-order valence-electron chi connectivity index (χ4n) is 3.16. The number of hydrogen-bond acceptors (Lipinski definition) is 3. The highest BCUT2D eigenvalue weighted by atomic mass is 79.9. The van der Waals surface area contributed by atoms with Gasteiger partial charge in [0.25, 0.3) is 11.8 Å². The van der Waals surface area contributed by atoms with E-state index in [4.69, 9.17) is 0 Å². The molecule has 0 spiro atoms. The number of rotatable bonds is 2. The van der Waals surface area contributed by atoms with Gasteiger partial charge in [-0.1, -0.05) is 12.1 Å². The molecule has 6 heteroatoms. The zero-order chi connectivity index (χ0) is 17.7. The van der Waals surface area contributed by atoms with Gasteiger partial charge in [-0.25, -0.2) is 4.39 Å². The number of carbonyl (C=O) groups is 2. The maximum Gasteiger partial charge on any atom is 0.262 e. The van der Waals surface area contributed by atoms with Gasteiger partial charge < -0.3 is 0 Å². The molecule has 1 aliphatic rings. The van der Waals surface area contributed by atoms with Crippen molar-refractivity contribution < 1.29 is 14.0 Å². The highest BCUT2D eigenvalue weighted by molar-refractivity contribution is 9.10. The summed E-state index contributed by atoms with van der Waals surface area (Å²) in [5.74, 6) is -1.30. The maximum absolute atomic E-state index is 14.6. The zero-order valence-corrected chi connectivity index (χ0v) is 14.7. The first-order valence-electron chi connectivity index (χ1n) is 7.69. The molecule has 25 heavy (non-hydrogen) atoms. The van der Waals surface area contributed by atoms with Crippen LogP contribution in [0, 0.1) is 5.82 Å². The summed E-state index contributed by atoms with van der Waals surface area (Å²) in [6.07, 6.45) is 1.59. The topological polar surface area (TPSA) is 50.3 Å². The standard InChI is InChI=1S/C19H12BrFN2O2/c1-10(23-18(24)13-4-2-3-5-14(13)19(23)25)15-7-11-6-12(20)9-22-17(11)8-16(15)21/h2-10H,1H3/t10-/m0/s1. The van der Waals surface area contributed by atoms with Crippen LogP contribution in [0.2, 0.25) is 0 Å². The van der Waals surface area contributed by atoms with Crippen molar-refractivity contribution in [1.29, 1.82) is 0 Å². The Kier molecular flexibility index (Phi) is 3.65. The molecule has 124 valence electrons. The number of halogens is 2. The first-order chi connectivity index (χ1) is 12.0. The number of pyridine rings is 1. The minimum Gasteiger partial charge on any atom is -0.269 e. The number of aromatic nitrogens is 1. The van der Waals surface area contributed by atoms with E-state index in [9.17, 15) is 14.0 Å². The summed E-state index contributed by atoms with van der Waals surface area (Å²) in [5, 5.41) is 0.731. The van der Waals surface area contributed by atoms with E-state index in [1.165, 1.54) is 6.07 Å². The number of carbonyl (C=O) groups excluding carboxylic acids is 2. The predicted octanol–water partition coefficient (Wildman–Crippen LogP) is 4.49. The third-order valence-electron chi connectivity index (χ3n) is 4.43. The molecule has 3 aromatic rings. The van der Waals surface area contributed by atoms with E-state index in [0.29, 0.717) is 16.6 Å². The smallest absolute Gasteiger partial charge is 0.262 e. The van der Waals surface area contributed by atoms with Gasteiger partial charge >= 0.3 is 0 Å². The van der Waals surface area contributed by atoms with Crippen molar-refractivity contribution in [2.75, 3.05) is 0 Å². The lowest BCUT2D eigenvalue weighted by Gasteiger charge is -2.23. The quantitative estimate of drug-likeness (QED) is 0.597. The van der Waals surface area contributed by atoms with Crippen LogP contribution in [0.15, 0.2) is 53.1 Å². The Morgan fingerprint density at radius 2 is 1.72 bits per heavy atom. The predicted molar refractivity (Wildman–Crippen MR) is 94.8 cm³/mol. The Morgan fingerprint density at radius 3 is 2.36 bits per heavy atom. The largest absolute Gasteiger partial charge is 0.269 e. The van der Waals surface area contributed by atoms with Gasteiger partial charge in [-0.2, -0.15) is 0 Å². The average Bonchev–Trinajstić information content (AvgIpc) is 2.85. The summed E-state index contributed by atoms with van der Waals surface area (Å²) < 4.78 is 15.4. The van der Waals surface area contributed by atoms with Crippen LogP contribution in [-0.4, -0.2) is 21.7 Å². The number of hydrogen-bond donors (Lipinski definition) is 0. The average molecular weight is 399 g/mol. The van der Waals surface area contributed by atoms with Crippen molar-refractivity contribution in [3.05, 3.63) is 75.6 Å². The third kappa shape index (κ3) is 2.44. The fourth-order valence-corrected chi connectivity index (χ4v) is 3.51. The number of benzene rings is 2. The second-order valence-corrected chi connectivity index (χ2v) is 6.84. The van der Waals surface area contributed by atoms with Gasteiger partial charge in [0.1, 0.15) is 5.82 Å². The van der Waals surface area contributed by atoms with Crippen molar-refractivity contribution in [1.82, 2.24) is 9.88 Å². The highest BCUT2D eigenvalue weighted by Gasteiger charge is 2.39. The first kappa shape index (κ1) is 15.9. The lowest BCUT2D eigenvalue weighted by molar-refractivity contribution is 0.0593. The fraction of sp³-hybridized carbons (Fsp3) is 0.105. The molecular weight excluding hydrogens is 387 g/mol. The third-order valence-corrected chi connectivity index (χ3v) is 4.86. The Bertz CT molecular complexity index is 1020. The van der Waals surface area contributed by atoms with Crippen molar-refractivity contribution in [3.8, 4) is 0 Å². The van der Waals surface area contributed by atoms with E-state index in [2.05, 4.69) is 20.9 Å². The molecule has 1 aromatic heterocycles. The molecule has 4 rings (SSSR count). The Morgan fingerprint density at radius 1 is 1.08 bits per heavy atom. The van der Waals surface area contributed by atoms with Crippen LogP contribution >= 0.6 is 15.9 Å². The van der Waals surface area contributed by atoms with Crippen molar-refractivity contribution >= 4 is 38.6 Å². The molecule has 2 amide bonds. The molecule has 0 unspecified atom stereocenters. The van der Waals surface area contributed by atoms with Crippen LogP contribution < -0.4 is 0 Å². The van der Waals surface area contributed by atoms with Gasteiger partial charge in [0, 0.05) is 27.7 Å². The Labute approximate surface area is 151 Å². The van der Waals surface area contributed by atoms with Crippen LogP contribution in [0.25, 0.3) is 10.9 Å². The summed E-state index contributed by atoms with van der Waals surface area (Å²) >= 11 is 3.34. The molecule has 0 aliphatic carbocycles. The number of nitrogens with zero attached hydrogens (tertiary/aromatic N) is 2. The van der Waals surface area contributed by atoms with E-state index in [0.717, 1.165) is 14.8 Å². The number of amides is 2. The SMILES string of the molecule is C[C@@H](c1cc2cc(Br)cnc2cc1F)N1C(=O)c2ccccc2C1=O. The van der Waals surface area contributed by atoms with Crippen molar-refractivity contribution in [2.24, 2.45) is 0 Å². The summed E-state index contributed by atoms with van der Waals surface area (Å²) in [7, 11) is 0. The van der Waals surface area contributed by atoms with Gasteiger partial charge in [-0.3, -0.25) is 19.5 Å². The second-order valence-electron chi connectivity index (χ2n) is 5.92. The van der Waals surface area contributed by atoms with E-state index in [1.807, 2.05) is 6.07 Å². The van der Waals surface area contributed by atoms with Crippen molar-refractivity contribution in [3.63, 3.8) is 0 Å². The van der Waals surface area contributed by atoms with E-state index < -0.39 is 23.7 Å². The molecule has 1 atom stereocenters. The lowest BCUT2D eigenvalue weighted by Crippen LogP contribution is -2.33. The minimum atomic E-state index is -0.726. The molecule has 0 saturated carbocycles. The monoisotopic (exact) mass is 398 g/mol. The zero-order valence-electron chi connectivity index (χ0n) is 13.2. The summed E-state index contributed by atoms with van der Waals surface area (Å²) in [6.45, 7) is 1.65. The minimum absolute atomic E-state index is 0.280. The van der Waals surface area contributed by atoms with Crippen LogP contribution in [-0.2, 0) is 0 Å². The van der Waals surface area contributed by atoms with E-state index in [1.54, 1.807) is 43.5 Å². The van der Waals surface area contributed by atoms with Gasteiger partial charge in [0.05, 0.1) is 22.7 Å². The van der Waals surface area contributed by atoms with Crippen LogP contribution in [0.5, 0.6) is 0 Å². The van der Waals surface area contributed by atoms with Gasteiger partial charge in [0.15, 0.2) is 0 Å². The molecule has 4 nitrogen and oxygen atoms in total. The van der Waals surface area contributed by atoms with Crippen molar-refractivity contribution in [2.45, 2.75) is 13.0 Å². The van der Waals surface area contributed by atoms with Gasteiger partial charge in [0.2, 0.25) is 0 Å². The Hall–Kier alpha value is -2.60. The van der Waals surface area contributed by atoms with E-state index >= 15 is 0 Å². The Balaban J connectivity index is 1.80. The molecule has 2 aromatic carbocycles. The first-order valence-corrected chi connectivity index (χ1v) is 8.48. The maximum atomic E-state index is 14.6. The highest BCUT2D eigenvalue weighted by Crippen LogP contribution is 2.33. The normalized spacial score (nSPS) is 14.9. The molecule has 0 saturated heterocycles. The van der Waals surface area contributed by atoms with Crippen LogP contribution in [0.1, 0.15) is 39.2 Å². The summed E-state index contributed by atoms with van der Waals surface area (Å²) in [5.41, 5.74) is 1.50. The van der Waals surface area contributed by atoms with Gasteiger partial charge in [-0.05, 0) is 47.1 Å². The summed E-state index contributed by atoms with van der Waals surface area (Å²) in [6, 6.07) is 10.7. The molecule has 0 N–H and O–H groups in total. The molecule has 2 heterocycles. The van der Waals surface area contributed by atoms with Crippen LogP contribution in [0.3, 0.4) is 0 Å². The molecule has 0 bridgehead atoms. The lowest BCUT2D eigenvalue weighted by atomic mass is 10.0. The second kappa shape index (κ2) is 5.74. The number of imide groups is 1. The summed E-state index contributed by atoms with van der Waals surface area (Å²) in [4.78, 5) is 30.5.